The van der Waals surface area contributed by atoms with Gasteiger partial charge in [0.2, 0.25) is 0 Å². The van der Waals surface area contributed by atoms with E-state index in [9.17, 15) is 0 Å². The topological polar surface area (TPSA) is 9.23 Å². The Bertz CT molecular complexity index is 469. The van der Waals surface area contributed by atoms with Gasteiger partial charge in [0.05, 0.1) is 10.0 Å². The van der Waals surface area contributed by atoms with Crippen LogP contribution in [0.2, 0.25) is 10.0 Å². The Morgan fingerprint density at radius 2 is 2.00 bits per heavy atom. The van der Waals surface area contributed by atoms with Crippen LogP contribution in [-0.4, -0.2) is 0 Å². The predicted octanol–water partition coefficient (Wildman–Crippen LogP) is 4.37. The maximum absolute atomic E-state index is 5.90. The Hall–Kier alpha value is -1.18. The van der Waals surface area contributed by atoms with E-state index in [-0.39, 0.29) is 0 Å². The minimum Gasteiger partial charge on any atom is -0.489 e. The first-order chi connectivity index (χ1) is 7.75. The fourth-order valence-electron chi connectivity index (χ4n) is 1.26. The number of benzene rings is 2. The van der Waals surface area contributed by atoms with E-state index < -0.39 is 0 Å². The van der Waals surface area contributed by atoms with Crippen LogP contribution in [0, 0.1) is 6.07 Å². The first-order valence-electron chi connectivity index (χ1n) is 4.78. The molecule has 1 radical (unpaired) electrons. The zero-order chi connectivity index (χ0) is 11.4. The molecule has 0 bridgehead atoms. The van der Waals surface area contributed by atoms with Gasteiger partial charge in [0.25, 0.3) is 0 Å². The first kappa shape index (κ1) is 11.3. The minimum absolute atomic E-state index is 0.467. The summed E-state index contributed by atoms with van der Waals surface area (Å²) >= 11 is 11.7. The second-order valence-electron chi connectivity index (χ2n) is 3.28. The van der Waals surface area contributed by atoms with Gasteiger partial charge in [-0.05, 0) is 35.9 Å². The molecule has 0 saturated heterocycles. The molecule has 0 spiro atoms. The van der Waals surface area contributed by atoms with Crippen LogP contribution in [0.1, 0.15) is 5.56 Å². The third-order valence-corrected chi connectivity index (χ3v) is 2.81. The zero-order valence-electron chi connectivity index (χ0n) is 8.41. The lowest BCUT2D eigenvalue weighted by Crippen LogP contribution is -1.94. The average Bonchev–Trinajstić information content (AvgIpc) is 2.32. The van der Waals surface area contributed by atoms with E-state index in [1.807, 2.05) is 24.3 Å². The van der Waals surface area contributed by atoms with Gasteiger partial charge in [-0.15, -0.1) is 0 Å². The lowest BCUT2D eigenvalue weighted by atomic mass is 10.2. The molecule has 0 aliphatic carbocycles. The van der Waals surface area contributed by atoms with Gasteiger partial charge in [-0.3, -0.25) is 0 Å². The van der Waals surface area contributed by atoms with E-state index in [0.717, 1.165) is 11.3 Å². The monoisotopic (exact) mass is 251 g/mol. The Labute approximate surface area is 105 Å². The Morgan fingerprint density at radius 1 is 1.12 bits per heavy atom. The summed E-state index contributed by atoms with van der Waals surface area (Å²) in [7, 11) is 0. The Balaban J connectivity index is 2.03. The van der Waals surface area contributed by atoms with E-state index in [0.29, 0.717) is 16.7 Å². The summed E-state index contributed by atoms with van der Waals surface area (Å²) < 4.78 is 5.55. The van der Waals surface area contributed by atoms with E-state index >= 15 is 0 Å². The minimum atomic E-state index is 0.467. The van der Waals surface area contributed by atoms with Gasteiger partial charge < -0.3 is 4.74 Å². The molecule has 0 heterocycles. The van der Waals surface area contributed by atoms with Gasteiger partial charge in [0.15, 0.2) is 0 Å². The molecular formula is C13H9Cl2O. The molecule has 81 valence electrons. The molecule has 2 aromatic rings. The molecule has 2 aromatic carbocycles. The molecule has 1 nitrogen and oxygen atoms in total. The highest BCUT2D eigenvalue weighted by Gasteiger charge is 2.00. The van der Waals surface area contributed by atoms with Crippen LogP contribution in [0.4, 0.5) is 0 Å². The third-order valence-electron chi connectivity index (χ3n) is 2.07. The Kier molecular flexibility index (Phi) is 3.70. The predicted molar refractivity (Wildman–Crippen MR) is 66.1 cm³/mol. The number of hydrogen-bond donors (Lipinski definition) is 0. The normalized spacial score (nSPS) is 10.1. The van der Waals surface area contributed by atoms with Crippen molar-refractivity contribution in [1.29, 1.82) is 0 Å². The van der Waals surface area contributed by atoms with Crippen LogP contribution in [0.5, 0.6) is 5.75 Å². The van der Waals surface area contributed by atoms with Gasteiger partial charge in [0, 0.05) is 0 Å². The first-order valence-corrected chi connectivity index (χ1v) is 5.54. The molecule has 0 aliphatic rings. The van der Waals surface area contributed by atoms with Crippen molar-refractivity contribution in [3.63, 3.8) is 0 Å². The van der Waals surface area contributed by atoms with Crippen LogP contribution >= 0.6 is 23.2 Å². The second-order valence-corrected chi connectivity index (χ2v) is 4.09. The third kappa shape index (κ3) is 2.91. The van der Waals surface area contributed by atoms with Gasteiger partial charge in [-0.25, -0.2) is 0 Å². The lowest BCUT2D eigenvalue weighted by molar-refractivity contribution is 0.306. The van der Waals surface area contributed by atoms with E-state index in [1.165, 1.54) is 0 Å². The molecule has 16 heavy (non-hydrogen) atoms. The van der Waals surface area contributed by atoms with Crippen LogP contribution in [0.3, 0.4) is 0 Å². The molecule has 0 fully saturated rings. The van der Waals surface area contributed by atoms with Crippen molar-refractivity contribution in [2.75, 3.05) is 0 Å². The van der Waals surface area contributed by atoms with E-state index in [1.54, 1.807) is 18.2 Å². The molecule has 0 aromatic heterocycles. The summed E-state index contributed by atoms with van der Waals surface area (Å²) in [6, 6.07) is 15.8. The van der Waals surface area contributed by atoms with Crippen LogP contribution < -0.4 is 4.74 Å². The van der Waals surface area contributed by atoms with Crippen molar-refractivity contribution in [2.45, 2.75) is 6.61 Å². The smallest absolute Gasteiger partial charge is 0.120 e. The maximum atomic E-state index is 5.90. The number of ether oxygens (including phenoxy) is 1. The van der Waals surface area contributed by atoms with E-state index in [2.05, 4.69) is 6.07 Å². The highest BCUT2D eigenvalue weighted by molar-refractivity contribution is 6.42. The molecule has 2 rings (SSSR count). The number of halogens is 2. The van der Waals surface area contributed by atoms with Crippen molar-refractivity contribution >= 4 is 23.2 Å². The summed E-state index contributed by atoms with van der Waals surface area (Å²) in [6.07, 6.45) is 0. The molecular weight excluding hydrogens is 243 g/mol. The summed E-state index contributed by atoms with van der Waals surface area (Å²) in [5, 5.41) is 1.10. The van der Waals surface area contributed by atoms with E-state index in [4.69, 9.17) is 27.9 Å². The molecule has 0 atom stereocenters. The Morgan fingerprint density at radius 3 is 2.69 bits per heavy atom. The fourth-order valence-corrected chi connectivity index (χ4v) is 1.58. The number of rotatable bonds is 3. The summed E-state index contributed by atoms with van der Waals surface area (Å²) in [5.41, 5.74) is 0.984. The van der Waals surface area contributed by atoms with Gasteiger partial charge in [-0.1, -0.05) is 41.4 Å². The SMILES string of the molecule is Clc1ccc(COc2c[c]ccc2)cc1Cl. The summed E-state index contributed by atoms with van der Waals surface area (Å²) in [4.78, 5) is 0. The van der Waals surface area contributed by atoms with Crippen molar-refractivity contribution < 1.29 is 4.74 Å². The molecule has 0 N–H and O–H groups in total. The second kappa shape index (κ2) is 5.24. The molecule has 3 heteroatoms. The van der Waals surface area contributed by atoms with Crippen LogP contribution in [0.15, 0.2) is 42.5 Å². The van der Waals surface area contributed by atoms with Gasteiger partial charge in [0.1, 0.15) is 12.4 Å². The number of hydrogen-bond acceptors (Lipinski definition) is 1. The molecule has 0 unspecified atom stereocenters. The van der Waals surface area contributed by atoms with Gasteiger partial charge in [-0.2, -0.15) is 0 Å². The van der Waals surface area contributed by atoms with Crippen molar-refractivity contribution in [3.05, 3.63) is 64.1 Å². The zero-order valence-corrected chi connectivity index (χ0v) is 9.92. The van der Waals surface area contributed by atoms with Crippen LogP contribution in [-0.2, 0) is 6.61 Å². The van der Waals surface area contributed by atoms with Crippen molar-refractivity contribution in [1.82, 2.24) is 0 Å². The molecule has 0 saturated carbocycles. The molecule has 0 amide bonds. The average molecular weight is 252 g/mol. The standard InChI is InChI=1S/C13H9Cl2O/c14-12-7-6-10(8-13(12)15)9-16-11-4-2-1-3-5-11/h1-2,4-8H,9H2. The highest BCUT2D eigenvalue weighted by Crippen LogP contribution is 2.23. The largest absolute Gasteiger partial charge is 0.489 e. The summed E-state index contributed by atoms with van der Waals surface area (Å²) in [5.74, 6) is 0.786. The summed E-state index contributed by atoms with van der Waals surface area (Å²) in [6.45, 7) is 0.467. The van der Waals surface area contributed by atoms with Gasteiger partial charge >= 0.3 is 0 Å². The van der Waals surface area contributed by atoms with Crippen LogP contribution in [0.25, 0.3) is 0 Å². The fraction of sp³-hybridized carbons (Fsp3) is 0.0769. The van der Waals surface area contributed by atoms with Crippen molar-refractivity contribution in [2.24, 2.45) is 0 Å². The highest BCUT2D eigenvalue weighted by atomic mass is 35.5. The molecule has 0 aliphatic heterocycles. The quantitative estimate of drug-likeness (QED) is 0.787. The van der Waals surface area contributed by atoms with Crippen molar-refractivity contribution in [3.8, 4) is 5.75 Å². The lowest BCUT2D eigenvalue weighted by Gasteiger charge is -2.06. The maximum Gasteiger partial charge on any atom is 0.120 e.